The first-order valence-corrected chi connectivity index (χ1v) is 6.86. The fourth-order valence-electron chi connectivity index (χ4n) is 2.12. The standard InChI is InChI=1S/C15H19ClN2/c1-10(2)8-12(16)9-15-11(3)17-13-6-4-5-7-14(13)18-15/h4-7,10,12H,8-9H2,1-3H3. The molecular weight excluding hydrogens is 244 g/mol. The van der Waals surface area contributed by atoms with Gasteiger partial charge in [0, 0.05) is 11.8 Å². The topological polar surface area (TPSA) is 25.8 Å². The minimum absolute atomic E-state index is 0.138. The number of alkyl halides is 1. The van der Waals surface area contributed by atoms with E-state index in [1.54, 1.807) is 0 Å². The van der Waals surface area contributed by atoms with Crippen molar-refractivity contribution in [1.82, 2.24) is 9.97 Å². The second kappa shape index (κ2) is 5.66. The van der Waals surface area contributed by atoms with Crippen molar-refractivity contribution in [1.29, 1.82) is 0 Å². The lowest BCUT2D eigenvalue weighted by Crippen LogP contribution is -2.10. The van der Waals surface area contributed by atoms with Crippen LogP contribution in [0.1, 0.15) is 31.7 Å². The van der Waals surface area contributed by atoms with Crippen LogP contribution in [0, 0.1) is 12.8 Å². The maximum Gasteiger partial charge on any atom is 0.0890 e. The van der Waals surface area contributed by atoms with Gasteiger partial charge in [0.15, 0.2) is 0 Å². The quantitative estimate of drug-likeness (QED) is 0.774. The highest BCUT2D eigenvalue weighted by atomic mass is 35.5. The third kappa shape index (κ3) is 3.20. The van der Waals surface area contributed by atoms with Gasteiger partial charge in [-0.05, 0) is 31.4 Å². The zero-order chi connectivity index (χ0) is 13.1. The van der Waals surface area contributed by atoms with Crippen LogP contribution in [0.4, 0.5) is 0 Å². The normalized spacial score (nSPS) is 13.2. The fourth-order valence-corrected chi connectivity index (χ4v) is 2.63. The van der Waals surface area contributed by atoms with Crippen LogP contribution in [0.5, 0.6) is 0 Å². The average molecular weight is 263 g/mol. The van der Waals surface area contributed by atoms with E-state index in [1.807, 2.05) is 31.2 Å². The Bertz CT molecular complexity index is 537. The maximum absolute atomic E-state index is 6.37. The number of aryl methyl sites for hydroxylation is 1. The Kier molecular flexibility index (Phi) is 4.18. The van der Waals surface area contributed by atoms with Gasteiger partial charge in [-0.15, -0.1) is 11.6 Å². The third-order valence-corrected chi connectivity index (χ3v) is 3.32. The molecule has 1 heterocycles. The molecule has 0 aliphatic rings. The first kappa shape index (κ1) is 13.3. The Balaban J connectivity index is 2.25. The summed E-state index contributed by atoms with van der Waals surface area (Å²) in [6.07, 6.45) is 1.80. The molecule has 0 bridgehead atoms. The number of fused-ring (bicyclic) bond motifs is 1. The van der Waals surface area contributed by atoms with Gasteiger partial charge in [0.05, 0.1) is 22.4 Å². The molecule has 18 heavy (non-hydrogen) atoms. The molecule has 2 nitrogen and oxygen atoms in total. The highest BCUT2D eigenvalue weighted by molar-refractivity contribution is 6.20. The van der Waals surface area contributed by atoms with Gasteiger partial charge in [0.1, 0.15) is 0 Å². The summed E-state index contributed by atoms with van der Waals surface area (Å²) in [6, 6.07) is 7.96. The lowest BCUT2D eigenvalue weighted by atomic mass is 10.0. The van der Waals surface area contributed by atoms with Gasteiger partial charge in [0.25, 0.3) is 0 Å². The first-order valence-electron chi connectivity index (χ1n) is 6.42. The fraction of sp³-hybridized carbons (Fsp3) is 0.467. The Morgan fingerprint density at radius 3 is 2.33 bits per heavy atom. The monoisotopic (exact) mass is 262 g/mol. The van der Waals surface area contributed by atoms with Crippen molar-refractivity contribution in [3.05, 3.63) is 35.7 Å². The van der Waals surface area contributed by atoms with Gasteiger partial charge in [-0.25, -0.2) is 9.97 Å². The summed E-state index contributed by atoms with van der Waals surface area (Å²) in [7, 11) is 0. The molecule has 0 saturated carbocycles. The lowest BCUT2D eigenvalue weighted by molar-refractivity contribution is 0.558. The SMILES string of the molecule is Cc1nc2ccccc2nc1CC(Cl)CC(C)C. The number of benzene rings is 1. The Hall–Kier alpha value is -1.15. The largest absolute Gasteiger partial charge is 0.250 e. The van der Waals surface area contributed by atoms with Crippen LogP contribution in [-0.2, 0) is 6.42 Å². The highest BCUT2D eigenvalue weighted by Crippen LogP contribution is 2.18. The highest BCUT2D eigenvalue weighted by Gasteiger charge is 2.12. The molecule has 0 aliphatic carbocycles. The summed E-state index contributed by atoms with van der Waals surface area (Å²) in [5.74, 6) is 0.612. The maximum atomic E-state index is 6.37. The number of rotatable bonds is 4. The number of aromatic nitrogens is 2. The minimum Gasteiger partial charge on any atom is -0.250 e. The van der Waals surface area contributed by atoms with Crippen molar-refractivity contribution in [3.8, 4) is 0 Å². The molecule has 1 atom stereocenters. The summed E-state index contributed by atoms with van der Waals surface area (Å²) in [4.78, 5) is 9.26. The molecule has 2 aromatic rings. The van der Waals surface area contributed by atoms with Crippen molar-refractivity contribution in [2.75, 3.05) is 0 Å². The number of para-hydroxylation sites is 2. The average Bonchev–Trinajstić information content (AvgIpc) is 2.29. The Morgan fingerprint density at radius 2 is 1.72 bits per heavy atom. The minimum atomic E-state index is 0.138. The second-order valence-corrected chi connectivity index (χ2v) is 5.79. The van der Waals surface area contributed by atoms with Crippen LogP contribution >= 0.6 is 11.6 Å². The van der Waals surface area contributed by atoms with Crippen molar-refractivity contribution < 1.29 is 0 Å². The van der Waals surface area contributed by atoms with Crippen LogP contribution in [0.3, 0.4) is 0 Å². The van der Waals surface area contributed by atoms with Gasteiger partial charge in [-0.1, -0.05) is 26.0 Å². The molecule has 0 aliphatic heterocycles. The zero-order valence-corrected chi connectivity index (χ0v) is 11.9. The van der Waals surface area contributed by atoms with Crippen LogP contribution < -0.4 is 0 Å². The molecule has 1 aromatic heterocycles. The van der Waals surface area contributed by atoms with Crippen molar-refractivity contribution >= 4 is 22.6 Å². The molecule has 0 fully saturated rings. The summed E-state index contributed by atoms with van der Waals surface area (Å²) in [6.45, 7) is 6.39. The van der Waals surface area contributed by atoms with Crippen molar-refractivity contribution in [3.63, 3.8) is 0 Å². The van der Waals surface area contributed by atoms with Gasteiger partial charge in [-0.3, -0.25) is 0 Å². The zero-order valence-electron chi connectivity index (χ0n) is 11.2. The van der Waals surface area contributed by atoms with Crippen LogP contribution in [0.2, 0.25) is 0 Å². The molecule has 0 radical (unpaired) electrons. The summed E-state index contributed by atoms with van der Waals surface area (Å²) in [5, 5.41) is 0.138. The molecule has 96 valence electrons. The number of nitrogens with zero attached hydrogens (tertiary/aromatic N) is 2. The van der Waals surface area contributed by atoms with E-state index < -0.39 is 0 Å². The van der Waals surface area contributed by atoms with E-state index in [9.17, 15) is 0 Å². The van der Waals surface area contributed by atoms with E-state index >= 15 is 0 Å². The second-order valence-electron chi connectivity index (χ2n) is 5.18. The summed E-state index contributed by atoms with van der Waals surface area (Å²) >= 11 is 6.37. The summed E-state index contributed by atoms with van der Waals surface area (Å²) < 4.78 is 0. The number of hydrogen-bond acceptors (Lipinski definition) is 2. The molecule has 3 heteroatoms. The predicted molar refractivity (Wildman–Crippen MR) is 77.1 cm³/mol. The molecule has 1 aromatic carbocycles. The van der Waals surface area contributed by atoms with E-state index in [4.69, 9.17) is 11.6 Å². The Labute approximate surface area is 113 Å². The molecule has 0 N–H and O–H groups in total. The van der Waals surface area contributed by atoms with E-state index in [1.165, 1.54) is 0 Å². The van der Waals surface area contributed by atoms with Crippen LogP contribution in [0.15, 0.2) is 24.3 Å². The third-order valence-electron chi connectivity index (χ3n) is 2.98. The van der Waals surface area contributed by atoms with E-state index in [0.717, 1.165) is 35.3 Å². The van der Waals surface area contributed by atoms with Crippen LogP contribution in [0.25, 0.3) is 11.0 Å². The first-order chi connectivity index (χ1) is 8.56. The van der Waals surface area contributed by atoms with E-state index in [2.05, 4.69) is 23.8 Å². The van der Waals surface area contributed by atoms with Gasteiger partial charge in [0.2, 0.25) is 0 Å². The summed E-state index contributed by atoms with van der Waals surface area (Å²) in [5.41, 5.74) is 3.91. The predicted octanol–water partition coefficient (Wildman–Crippen LogP) is 4.13. The van der Waals surface area contributed by atoms with Gasteiger partial charge in [-0.2, -0.15) is 0 Å². The van der Waals surface area contributed by atoms with E-state index in [-0.39, 0.29) is 5.38 Å². The van der Waals surface area contributed by atoms with Gasteiger partial charge >= 0.3 is 0 Å². The van der Waals surface area contributed by atoms with Crippen molar-refractivity contribution in [2.45, 2.75) is 39.0 Å². The molecule has 0 spiro atoms. The van der Waals surface area contributed by atoms with Crippen LogP contribution in [-0.4, -0.2) is 15.3 Å². The Morgan fingerprint density at radius 1 is 1.11 bits per heavy atom. The number of halogens is 1. The van der Waals surface area contributed by atoms with E-state index in [0.29, 0.717) is 5.92 Å². The lowest BCUT2D eigenvalue weighted by Gasteiger charge is -2.13. The molecule has 2 rings (SSSR count). The van der Waals surface area contributed by atoms with Crippen molar-refractivity contribution in [2.24, 2.45) is 5.92 Å². The molecular formula is C15H19ClN2. The van der Waals surface area contributed by atoms with Gasteiger partial charge < -0.3 is 0 Å². The molecule has 1 unspecified atom stereocenters. The molecule has 0 amide bonds. The number of hydrogen-bond donors (Lipinski definition) is 0. The smallest absolute Gasteiger partial charge is 0.0890 e. The molecule has 0 saturated heterocycles.